The van der Waals surface area contributed by atoms with E-state index in [1.165, 1.54) is 13.2 Å². The van der Waals surface area contributed by atoms with Crippen LogP contribution in [0.25, 0.3) is 0 Å². The molecule has 0 amide bonds. The molecular weight excluding hydrogens is 277 g/mol. The van der Waals surface area contributed by atoms with E-state index in [0.29, 0.717) is 12.5 Å². The average molecular weight is 297 g/mol. The number of piperidine rings is 1. The van der Waals surface area contributed by atoms with Crippen LogP contribution in [-0.2, 0) is 0 Å². The molecule has 0 saturated carbocycles. The molecule has 1 aliphatic rings. The van der Waals surface area contributed by atoms with Crippen LogP contribution in [-0.4, -0.2) is 43.6 Å². The van der Waals surface area contributed by atoms with E-state index >= 15 is 0 Å². The van der Waals surface area contributed by atoms with E-state index < -0.39 is 10.7 Å². The van der Waals surface area contributed by atoms with Gasteiger partial charge < -0.3 is 15.0 Å². The zero-order valence-electron chi connectivity index (χ0n) is 12.3. The second-order valence-electron chi connectivity index (χ2n) is 5.41. The molecule has 1 aromatic rings. The van der Waals surface area contributed by atoms with Crippen molar-refractivity contribution in [1.82, 2.24) is 4.90 Å². The van der Waals surface area contributed by atoms with Gasteiger partial charge in [-0.1, -0.05) is 0 Å². The molecule has 1 atom stereocenters. The standard InChI is InChI=1S/C14H20FN3O3/c1-17-5-3-4-10(9-17)8-16-12-7-14(21-2)13(18(19)20)6-11(12)15/h6-7,10,16H,3-5,8-9H2,1-2H3/t10-/m0/s1. The molecule has 6 nitrogen and oxygen atoms in total. The number of nitrogens with one attached hydrogen (secondary N) is 1. The van der Waals surface area contributed by atoms with Gasteiger partial charge in [-0.15, -0.1) is 0 Å². The van der Waals surface area contributed by atoms with Crippen LogP contribution in [0.4, 0.5) is 15.8 Å². The number of nitro benzene ring substituents is 1. The molecule has 1 N–H and O–H groups in total. The van der Waals surface area contributed by atoms with Crippen molar-refractivity contribution in [3.8, 4) is 5.75 Å². The lowest BCUT2D eigenvalue weighted by atomic mass is 9.98. The summed E-state index contributed by atoms with van der Waals surface area (Å²) < 4.78 is 18.9. The molecule has 2 rings (SSSR count). The minimum absolute atomic E-state index is 0.0599. The summed E-state index contributed by atoms with van der Waals surface area (Å²) in [6.07, 6.45) is 2.23. The van der Waals surface area contributed by atoms with Gasteiger partial charge in [0.15, 0.2) is 11.6 Å². The fourth-order valence-corrected chi connectivity index (χ4v) is 2.68. The van der Waals surface area contributed by atoms with Gasteiger partial charge in [-0.2, -0.15) is 0 Å². The first kappa shape index (κ1) is 15.5. The Bertz CT molecular complexity index is 524. The number of ether oxygens (including phenoxy) is 1. The average Bonchev–Trinajstić information content (AvgIpc) is 2.45. The van der Waals surface area contributed by atoms with E-state index in [9.17, 15) is 14.5 Å². The van der Waals surface area contributed by atoms with Crippen LogP contribution in [0, 0.1) is 21.8 Å². The zero-order chi connectivity index (χ0) is 15.4. The van der Waals surface area contributed by atoms with E-state index in [1.54, 1.807) is 0 Å². The molecule has 0 aromatic heterocycles. The van der Waals surface area contributed by atoms with Crippen molar-refractivity contribution in [1.29, 1.82) is 0 Å². The highest BCUT2D eigenvalue weighted by molar-refractivity contribution is 5.59. The predicted octanol–water partition coefficient (Wildman–Crippen LogP) is 2.50. The fourth-order valence-electron chi connectivity index (χ4n) is 2.68. The maximum absolute atomic E-state index is 13.9. The Morgan fingerprint density at radius 1 is 1.57 bits per heavy atom. The van der Waals surface area contributed by atoms with Crippen LogP contribution in [0.1, 0.15) is 12.8 Å². The van der Waals surface area contributed by atoms with Gasteiger partial charge in [0.25, 0.3) is 0 Å². The summed E-state index contributed by atoms with van der Waals surface area (Å²) in [4.78, 5) is 12.4. The van der Waals surface area contributed by atoms with Gasteiger partial charge in [-0.25, -0.2) is 4.39 Å². The second-order valence-corrected chi connectivity index (χ2v) is 5.41. The van der Waals surface area contributed by atoms with Crippen LogP contribution in [0.5, 0.6) is 5.75 Å². The van der Waals surface area contributed by atoms with Gasteiger partial charge in [-0.05, 0) is 32.4 Å². The van der Waals surface area contributed by atoms with E-state index in [-0.39, 0.29) is 17.1 Å². The number of rotatable bonds is 5. The quantitative estimate of drug-likeness (QED) is 0.668. The van der Waals surface area contributed by atoms with Crippen molar-refractivity contribution >= 4 is 11.4 Å². The first-order valence-corrected chi connectivity index (χ1v) is 6.95. The van der Waals surface area contributed by atoms with Crippen LogP contribution in [0.2, 0.25) is 0 Å². The third-order valence-corrected chi connectivity index (χ3v) is 3.77. The largest absolute Gasteiger partial charge is 0.490 e. The maximum atomic E-state index is 13.9. The highest BCUT2D eigenvalue weighted by Gasteiger charge is 2.21. The zero-order valence-corrected chi connectivity index (χ0v) is 12.3. The van der Waals surface area contributed by atoms with Crippen LogP contribution < -0.4 is 10.1 Å². The molecule has 0 aliphatic carbocycles. The molecule has 116 valence electrons. The highest BCUT2D eigenvalue weighted by Crippen LogP contribution is 2.32. The molecule has 1 saturated heterocycles. The summed E-state index contributed by atoms with van der Waals surface area (Å²) in [7, 11) is 3.40. The Labute approximate surface area is 123 Å². The molecule has 1 aromatic carbocycles. The molecular formula is C14H20FN3O3. The van der Waals surface area contributed by atoms with Crippen LogP contribution in [0.3, 0.4) is 0 Å². The Morgan fingerprint density at radius 2 is 2.33 bits per heavy atom. The summed E-state index contributed by atoms with van der Waals surface area (Å²) in [6.45, 7) is 2.71. The third kappa shape index (κ3) is 3.81. The summed E-state index contributed by atoms with van der Waals surface area (Å²) in [6, 6.07) is 2.24. The molecule has 0 bridgehead atoms. The molecule has 21 heavy (non-hydrogen) atoms. The number of methoxy groups -OCH3 is 1. The minimum atomic E-state index is -0.651. The van der Waals surface area contributed by atoms with Crippen molar-refractivity contribution in [2.24, 2.45) is 5.92 Å². The van der Waals surface area contributed by atoms with Crippen molar-refractivity contribution < 1.29 is 14.1 Å². The molecule has 1 heterocycles. The Hall–Kier alpha value is -1.89. The normalized spacial score (nSPS) is 19.3. The highest BCUT2D eigenvalue weighted by atomic mass is 19.1. The number of nitro groups is 1. The van der Waals surface area contributed by atoms with Gasteiger partial charge in [-0.3, -0.25) is 10.1 Å². The third-order valence-electron chi connectivity index (χ3n) is 3.77. The van der Waals surface area contributed by atoms with Crippen molar-refractivity contribution in [3.63, 3.8) is 0 Å². The Balaban J connectivity index is 2.07. The van der Waals surface area contributed by atoms with Gasteiger partial charge in [0.2, 0.25) is 0 Å². The first-order valence-electron chi connectivity index (χ1n) is 6.95. The predicted molar refractivity (Wildman–Crippen MR) is 78.3 cm³/mol. The van der Waals surface area contributed by atoms with E-state index in [4.69, 9.17) is 4.74 Å². The Morgan fingerprint density at radius 3 is 2.95 bits per heavy atom. The lowest BCUT2D eigenvalue weighted by Gasteiger charge is -2.30. The SMILES string of the molecule is COc1cc(NC[C@@H]2CCCN(C)C2)c(F)cc1[N+](=O)[O-]. The van der Waals surface area contributed by atoms with Crippen LogP contribution in [0.15, 0.2) is 12.1 Å². The minimum Gasteiger partial charge on any atom is -0.490 e. The number of anilines is 1. The monoisotopic (exact) mass is 297 g/mol. The summed E-state index contributed by atoms with van der Waals surface area (Å²) in [5.74, 6) is -0.124. The lowest BCUT2D eigenvalue weighted by molar-refractivity contribution is -0.385. The number of benzene rings is 1. The van der Waals surface area contributed by atoms with Crippen LogP contribution >= 0.6 is 0 Å². The lowest BCUT2D eigenvalue weighted by Crippen LogP contribution is -2.35. The maximum Gasteiger partial charge on any atom is 0.313 e. The molecule has 0 spiro atoms. The second kappa shape index (κ2) is 6.71. The van der Waals surface area contributed by atoms with Crippen molar-refractivity contribution in [2.75, 3.05) is 39.1 Å². The van der Waals surface area contributed by atoms with E-state index in [2.05, 4.69) is 17.3 Å². The smallest absolute Gasteiger partial charge is 0.313 e. The topological polar surface area (TPSA) is 67.6 Å². The van der Waals surface area contributed by atoms with Gasteiger partial charge in [0.05, 0.1) is 23.8 Å². The summed E-state index contributed by atoms with van der Waals surface area (Å²) in [5.41, 5.74) is -0.122. The van der Waals surface area contributed by atoms with Gasteiger partial charge >= 0.3 is 5.69 Å². The van der Waals surface area contributed by atoms with E-state index in [0.717, 1.165) is 32.0 Å². The fraction of sp³-hybridized carbons (Fsp3) is 0.571. The molecule has 7 heteroatoms. The van der Waals surface area contributed by atoms with Crippen molar-refractivity contribution in [3.05, 3.63) is 28.1 Å². The molecule has 0 radical (unpaired) electrons. The molecule has 1 fully saturated rings. The summed E-state index contributed by atoms with van der Waals surface area (Å²) in [5, 5.41) is 13.9. The van der Waals surface area contributed by atoms with E-state index in [1.807, 2.05) is 0 Å². The number of hydrogen-bond acceptors (Lipinski definition) is 5. The number of halogens is 1. The first-order chi connectivity index (χ1) is 10.0. The molecule has 1 aliphatic heterocycles. The molecule has 0 unspecified atom stereocenters. The Kier molecular flexibility index (Phi) is 4.95. The summed E-state index contributed by atoms with van der Waals surface area (Å²) >= 11 is 0. The van der Waals surface area contributed by atoms with Crippen molar-refractivity contribution in [2.45, 2.75) is 12.8 Å². The van der Waals surface area contributed by atoms with Gasteiger partial charge in [0, 0.05) is 19.2 Å². The number of likely N-dealkylation sites (tertiary alicyclic amines) is 1. The number of nitrogens with zero attached hydrogens (tertiary/aromatic N) is 2. The number of hydrogen-bond donors (Lipinski definition) is 1. The van der Waals surface area contributed by atoms with Gasteiger partial charge in [0.1, 0.15) is 0 Å².